The molecule has 0 spiro atoms. The predicted octanol–water partition coefficient (Wildman–Crippen LogP) is 6.87. The summed E-state index contributed by atoms with van der Waals surface area (Å²) >= 11 is 12.2. The van der Waals surface area contributed by atoms with E-state index in [4.69, 9.17) is 23.2 Å². The average molecular weight is 372 g/mol. The third-order valence-electron chi connectivity index (χ3n) is 4.34. The Kier molecular flexibility index (Phi) is 10.4. The van der Waals surface area contributed by atoms with Gasteiger partial charge in [0.25, 0.3) is 0 Å². The minimum Gasteiger partial charge on any atom is -0.335 e. The van der Waals surface area contributed by atoms with Gasteiger partial charge in [-0.05, 0) is 37.0 Å². The maximum atomic E-state index is 12.7. The summed E-state index contributed by atoms with van der Waals surface area (Å²) in [6, 6.07) is 5.98. The second-order valence-corrected chi connectivity index (χ2v) is 7.27. The number of rotatable bonds is 11. The molecule has 0 aromatic heterocycles. The van der Waals surface area contributed by atoms with Crippen molar-refractivity contribution in [2.45, 2.75) is 84.7 Å². The molecule has 24 heavy (non-hydrogen) atoms. The van der Waals surface area contributed by atoms with Crippen LogP contribution in [0, 0.1) is 0 Å². The van der Waals surface area contributed by atoms with Crippen LogP contribution in [-0.2, 0) is 11.3 Å². The minimum absolute atomic E-state index is 0.251. The zero-order valence-electron chi connectivity index (χ0n) is 15.3. The molecule has 0 N–H and O–H groups in total. The van der Waals surface area contributed by atoms with Gasteiger partial charge in [0.05, 0.1) is 10.0 Å². The number of hydrogen-bond acceptors (Lipinski definition) is 1. The highest BCUT2D eigenvalue weighted by molar-refractivity contribution is 6.42. The summed E-state index contributed by atoms with van der Waals surface area (Å²) in [6.07, 6.45) is 8.27. The van der Waals surface area contributed by atoms with Gasteiger partial charge in [-0.1, -0.05) is 75.7 Å². The molecule has 1 rings (SSSR count). The van der Waals surface area contributed by atoms with Crippen LogP contribution in [0.2, 0.25) is 10.0 Å². The molecule has 0 radical (unpaired) electrons. The van der Waals surface area contributed by atoms with Crippen LogP contribution < -0.4 is 0 Å². The normalized spacial score (nSPS) is 11.1. The molecule has 0 aliphatic heterocycles. The lowest BCUT2D eigenvalue weighted by Crippen LogP contribution is -2.39. The fourth-order valence-electron chi connectivity index (χ4n) is 2.95. The number of amides is 1. The Morgan fingerprint density at radius 1 is 1.00 bits per heavy atom. The van der Waals surface area contributed by atoms with Gasteiger partial charge < -0.3 is 4.90 Å². The van der Waals surface area contributed by atoms with Crippen molar-refractivity contribution < 1.29 is 4.79 Å². The van der Waals surface area contributed by atoms with E-state index in [0.717, 1.165) is 50.5 Å². The Hall–Kier alpha value is -0.730. The minimum atomic E-state index is 0.251. The summed E-state index contributed by atoms with van der Waals surface area (Å²) in [5.74, 6) is 0.251. The van der Waals surface area contributed by atoms with Crippen molar-refractivity contribution >= 4 is 29.1 Å². The van der Waals surface area contributed by atoms with Crippen LogP contribution >= 0.6 is 23.2 Å². The van der Waals surface area contributed by atoms with Crippen LogP contribution in [0.15, 0.2) is 18.2 Å². The van der Waals surface area contributed by atoms with Gasteiger partial charge in [-0.25, -0.2) is 0 Å². The van der Waals surface area contributed by atoms with E-state index in [0.29, 0.717) is 29.1 Å². The first kappa shape index (κ1) is 21.3. The van der Waals surface area contributed by atoms with E-state index < -0.39 is 0 Å². The lowest BCUT2D eigenvalue weighted by molar-refractivity contribution is -0.134. The van der Waals surface area contributed by atoms with E-state index >= 15 is 0 Å². The number of halogens is 2. The maximum Gasteiger partial charge on any atom is 0.223 e. The molecule has 0 heterocycles. The van der Waals surface area contributed by atoms with Crippen LogP contribution in [0.25, 0.3) is 0 Å². The quantitative estimate of drug-likeness (QED) is 0.415. The van der Waals surface area contributed by atoms with Gasteiger partial charge in [0.15, 0.2) is 0 Å². The van der Waals surface area contributed by atoms with Gasteiger partial charge in [-0.2, -0.15) is 0 Å². The third kappa shape index (κ3) is 7.03. The standard InChI is InChI=1S/C20H31Cl2NO/c1-4-7-10-17(11-8-5-2)23(20(24)9-6-3)15-16-12-13-18(21)19(22)14-16/h12-14,17H,4-11,15H2,1-3H3. The van der Waals surface area contributed by atoms with E-state index in [1.165, 1.54) is 0 Å². The molecule has 0 aliphatic rings. The Balaban J connectivity index is 2.97. The van der Waals surface area contributed by atoms with Gasteiger partial charge in [0.2, 0.25) is 5.91 Å². The lowest BCUT2D eigenvalue weighted by atomic mass is 10.0. The van der Waals surface area contributed by atoms with E-state index in [9.17, 15) is 4.79 Å². The molecule has 4 heteroatoms. The first-order valence-corrected chi connectivity index (χ1v) is 10.0. The van der Waals surface area contributed by atoms with Crippen LogP contribution in [-0.4, -0.2) is 16.8 Å². The fraction of sp³-hybridized carbons (Fsp3) is 0.650. The smallest absolute Gasteiger partial charge is 0.223 e. The number of carbonyl (C=O) groups is 1. The van der Waals surface area contributed by atoms with E-state index in [2.05, 4.69) is 25.7 Å². The Morgan fingerprint density at radius 2 is 1.62 bits per heavy atom. The van der Waals surface area contributed by atoms with Crippen LogP contribution in [0.1, 0.15) is 77.7 Å². The van der Waals surface area contributed by atoms with Gasteiger partial charge in [0.1, 0.15) is 0 Å². The number of hydrogen-bond donors (Lipinski definition) is 0. The largest absolute Gasteiger partial charge is 0.335 e. The van der Waals surface area contributed by atoms with Crippen molar-refractivity contribution in [1.29, 1.82) is 0 Å². The van der Waals surface area contributed by atoms with Gasteiger partial charge in [-0.15, -0.1) is 0 Å². The SMILES string of the molecule is CCCCC(CCCC)N(Cc1ccc(Cl)c(Cl)c1)C(=O)CCC. The Morgan fingerprint density at radius 3 is 2.12 bits per heavy atom. The second kappa shape index (κ2) is 11.8. The zero-order valence-corrected chi connectivity index (χ0v) is 16.8. The first-order chi connectivity index (χ1) is 11.5. The van der Waals surface area contributed by atoms with Crippen molar-refractivity contribution in [3.8, 4) is 0 Å². The zero-order chi connectivity index (χ0) is 17.9. The average Bonchev–Trinajstić information content (AvgIpc) is 2.56. The molecule has 0 unspecified atom stereocenters. The molecule has 0 aliphatic carbocycles. The molecule has 1 aromatic carbocycles. The van der Waals surface area contributed by atoms with Crippen LogP contribution in [0.3, 0.4) is 0 Å². The van der Waals surface area contributed by atoms with Crippen molar-refractivity contribution in [2.24, 2.45) is 0 Å². The highest BCUT2D eigenvalue weighted by Crippen LogP contribution is 2.25. The number of nitrogens with zero attached hydrogens (tertiary/aromatic N) is 1. The number of carbonyl (C=O) groups excluding carboxylic acids is 1. The molecular weight excluding hydrogens is 341 g/mol. The van der Waals surface area contributed by atoms with Crippen molar-refractivity contribution in [1.82, 2.24) is 4.90 Å². The van der Waals surface area contributed by atoms with Crippen molar-refractivity contribution in [3.63, 3.8) is 0 Å². The maximum absolute atomic E-state index is 12.7. The van der Waals surface area contributed by atoms with E-state index in [-0.39, 0.29) is 5.91 Å². The molecule has 0 saturated heterocycles. The summed E-state index contributed by atoms with van der Waals surface area (Å²) in [7, 11) is 0. The molecule has 136 valence electrons. The van der Waals surface area contributed by atoms with E-state index in [1.54, 1.807) is 0 Å². The fourth-order valence-corrected chi connectivity index (χ4v) is 3.27. The third-order valence-corrected chi connectivity index (χ3v) is 5.08. The molecule has 0 fully saturated rings. The second-order valence-electron chi connectivity index (χ2n) is 6.46. The molecule has 2 nitrogen and oxygen atoms in total. The predicted molar refractivity (Wildman–Crippen MR) is 105 cm³/mol. The summed E-state index contributed by atoms with van der Waals surface area (Å²) in [5.41, 5.74) is 1.05. The summed E-state index contributed by atoms with van der Waals surface area (Å²) < 4.78 is 0. The van der Waals surface area contributed by atoms with Gasteiger partial charge >= 0.3 is 0 Å². The highest BCUT2D eigenvalue weighted by atomic mass is 35.5. The number of benzene rings is 1. The Bertz CT molecular complexity index is 496. The van der Waals surface area contributed by atoms with Crippen molar-refractivity contribution in [2.75, 3.05) is 0 Å². The number of unbranched alkanes of at least 4 members (excludes halogenated alkanes) is 2. The molecular formula is C20H31Cl2NO. The molecule has 1 aromatic rings. The van der Waals surface area contributed by atoms with Crippen LogP contribution in [0.4, 0.5) is 0 Å². The highest BCUT2D eigenvalue weighted by Gasteiger charge is 2.22. The lowest BCUT2D eigenvalue weighted by Gasteiger charge is -2.32. The summed E-state index contributed by atoms with van der Waals surface area (Å²) in [5, 5.41) is 1.11. The molecule has 0 bridgehead atoms. The topological polar surface area (TPSA) is 20.3 Å². The van der Waals surface area contributed by atoms with Gasteiger partial charge in [0, 0.05) is 19.0 Å². The molecule has 0 atom stereocenters. The van der Waals surface area contributed by atoms with Crippen LogP contribution in [0.5, 0.6) is 0 Å². The first-order valence-electron chi connectivity index (χ1n) is 9.26. The molecule has 1 amide bonds. The Labute approximate surface area is 157 Å². The monoisotopic (exact) mass is 371 g/mol. The molecule has 0 saturated carbocycles. The summed E-state index contributed by atoms with van der Waals surface area (Å²) in [6.45, 7) is 7.08. The van der Waals surface area contributed by atoms with Gasteiger partial charge in [-0.3, -0.25) is 4.79 Å². The van der Waals surface area contributed by atoms with E-state index in [1.807, 2.05) is 18.2 Å². The van der Waals surface area contributed by atoms with Crippen molar-refractivity contribution in [3.05, 3.63) is 33.8 Å². The summed E-state index contributed by atoms with van der Waals surface area (Å²) in [4.78, 5) is 14.8.